The molecule has 4 N–H and O–H groups in total. The number of piperazine rings is 1. The molecule has 2 fully saturated rings. The molecule has 0 aromatic heterocycles. The van der Waals surface area contributed by atoms with Crippen LogP contribution in [-0.2, 0) is 9.53 Å². The molecule has 1 atom stereocenters. The molecule has 11 heteroatoms. The van der Waals surface area contributed by atoms with E-state index in [0.29, 0.717) is 37.6 Å². The molecule has 1 aromatic rings. The van der Waals surface area contributed by atoms with E-state index in [1.807, 2.05) is 4.90 Å². The number of aliphatic hydroxyl groups is 1. The van der Waals surface area contributed by atoms with Gasteiger partial charge >= 0.3 is 6.09 Å². The highest BCUT2D eigenvalue weighted by molar-refractivity contribution is 7.80. The van der Waals surface area contributed by atoms with Crippen molar-refractivity contribution in [1.82, 2.24) is 10.2 Å². The normalized spacial score (nSPS) is 19.6. The summed E-state index contributed by atoms with van der Waals surface area (Å²) in [5.41, 5.74) is 6.17. The average Bonchev–Trinajstić information content (AvgIpc) is 3.06. The molecule has 3 rings (SSSR count). The van der Waals surface area contributed by atoms with Gasteiger partial charge < -0.3 is 30.7 Å². The summed E-state index contributed by atoms with van der Waals surface area (Å²) in [7, 11) is 0. The number of anilines is 2. The Morgan fingerprint density at radius 1 is 1.36 bits per heavy atom. The maximum Gasteiger partial charge on any atom is 0.414 e. The molecule has 1 unspecified atom stereocenters. The minimum atomic E-state index is -0.557. The van der Waals surface area contributed by atoms with Crippen molar-refractivity contribution in [2.75, 3.05) is 55.7 Å². The van der Waals surface area contributed by atoms with E-state index in [1.54, 1.807) is 17.0 Å². The fraction of sp³-hybridized carbons (Fsp3) is 0.471. The second-order valence-corrected chi connectivity index (χ2v) is 6.96. The summed E-state index contributed by atoms with van der Waals surface area (Å²) in [6.45, 7) is 1.77. The van der Waals surface area contributed by atoms with Crippen molar-refractivity contribution >= 4 is 40.7 Å². The lowest BCUT2D eigenvalue weighted by Crippen LogP contribution is -2.49. The van der Waals surface area contributed by atoms with Gasteiger partial charge in [-0.3, -0.25) is 9.69 Å². The van der Waals surface area contributed by atoms with Gasteiger partial charge in [0.15, 0.2) is 5.11 Å². The average molecular weight is 411 g/mol. The van der Waals surface area contributed by atoms with Crippen LogP contribution in [0.5, 0.6) is 0 Å². The van der Waals surface area contributed by atoms with Gasteiger partial charge in [-0.25, -0.2) is 9.18 Å². The van der Waals surface area contributed by atoms with Gasteiger partial charge in [-0.2, -0.15) is 0 Å². The zero-order valence-electron chi connectivity index (χ0n) is 15.1. The Kier molecular flexibility index (Phi) is 6.15. The summed E-state index contributed by atoms with van der Waals surface area (Å²) in [5.74, 6) is -0.792. The van der Waals surface area contributed by atoms with Crippen molar-refractivity contribution in [3.8, 4) is 0 Å². The number of halogens is 1. The largest absolute Gasteiger partial charge is 0.442 e. The van der Waals surface area contributed by atoms with Crippen molar-refractivity contribution in [2.45, 2.75) is 6.10 Å². The molecule has 0 aliphatic carbocycles. The standard InChI is InChI=1S/C17H22FN5O4S/c18-13-7-11(23-9-12(27-17(23)26)8-20-16(19)28)1-2-14(13)21-3-5-22(6-4-21)15(25)10-24/h1-2,7,12,24H,3-6,8-10H2,(H3,19,20,28). The van der Waals surface area contributed by atoms with Crippen LogP contribution in [0.2, 0.25) is 0 Å². The smallest absolute Gasteiger partial charge is 0.414 e. The van der Waals surface area contributed by atoms with E-state index < -0.39 is 24.6 Å². The third-order valence-electron chi connectivity index (χ3n) is 4.73. The van der Waals surface area contributed by atoms with Crippen LogP contribution in [0.15, 0.2) is 18.2 Å². The minimum absolute atomic E-state index is 0.116. The van der Waals surface area contributed by atoms with Gasteiger partial charge in [-0.05, 0) is 30.4 Å². The molecule has 0 saturated carbocycles. The number of carbonyl (C=O) groups excluding carboxylic acids is 2. The van der Waals surface area contributed by atoms with E-state index in [2.05, 4.69) is 5.32 Å². The summed E-state index contributed by atoms with van der Waals surface area (Å²) in [6, 6.07) is 4.57. The van der Waals surface area contributed by atoms with E-state index in [4.69, 9.17) is 27.8 Å². The number of ether oxygens (including phenoxy) is 1. The third kappa shape index (κ3) is 4.42. The highest BCUT2D eigenvalue weighted by Gasteiger charge is 2.33. The van der Waals surface area contributed by atoms with Crippen LogP contribution in [0.25, 0.3) is 0 Å². The molecule has 0 bridgehead atoms. The van der Waals surface area contributed by atoms with Gasteiger partial charge in [0, 0.05) is 26.2 Å². The Morgan fingerprint density at radius 3 is 2.68 bits per heavy atom. The number of thiocarbonyl (C=S) groups is 1. The zero-order chi connectivity index (χ0) is 20.3. The first-order valence-electron chi connectivity index (χ1n) is 8.83. The molecular formula is C17H22FN5O4S. The molecule has 0 spiro atoms. The first-order valence-corrected chi connectivity index (χ1v) is 9.24. The molecule has 2 saturated heterocycles. The lowest BCUT2D eigenvalue weighted by molar-refractivity contribution is -0.134. The Labute approximate surface area is 166 Å². The molecule has 152 valence electrons. The van der Waals surface area contributed by atoms with Gasteiger partial charge in [-0.15, -0.1) is 0 Å². The molecule has 1 aromatic carbocycles. The van der Waals surface area contributed by atoms with Gasteiger partial charge in [0.1, 0.15) is 18.5 Å². The van der Waals surface area contributed by atoms with Gasteiger partial charge in [0.05, 0.1) is 24.5 Å². The number of amides is 2. The second-order valence-electron chi connectivity index (χ2n) is 6.52. The fourth-order valence-electron chi connectivity index (χ4n) is 3.27. The topological polar surface area (TPSA) is 111 Å². The first kappa shape index (κ1) is 20.1. The third-order valence-corrected chi connectivity index (χ3v) is 4.87. The first-order chi connectivity index (χ1) is 13.4. The highest BCUT2D eigenvalue weighted by Crippen LogP contribution is 2.28. The number of rotatable bonds is 5. The maximum absolute atomic E-state index is 14.7. The van der Waals surface area contributed by atoms with Crippen LogP contribution >= 0.6 is 12.2 Å². The van der Waals surface area contributed by atoms with E-state index in [0.717, 1.165) is 0 Å². The number of benzene rings is 1. The van der Waals surface area contributed by atoms with Crippen molar-refractivity contribution in [2.24, 2.45) is 5.73 Å². The van der Waals surface area contributed by atoms with Crippen molar-refractivity contribution in [3.63, 3.8) is 0 Å². The fourth-order valence-corrected chi connectivity index (χ4v) is 3.35. The van der Waals surface area contributed by atoms with Crippen molar-refractivity contribution in [1.29, 1.82) is 0 Å². The van der Waals surface area contributed by atoms with Crippen LogP contribution in [0, 0.1) is 5.82 Å². The number of hydrogen-bond donors (Lipinski definition) is 3. The van der Waals surface area contributed by atoms with Crippen LogP contribution in [0.1, 0.15) is 0 Å². The quantitative estimate of drug-likeness (QED) is 0.563. The number of carbonyl (C=O) groups is 2. The molecule has 0 radical (unpaired) electrons. The van der Waals surface area contributed by atoms with Crippen LogP contribution in [0.4, 0.5) is 20.6 Å². The van der Waals surface area contributed by atoms with Gasteiger partial charge in [0.25, 0.3) is 0 Å². The number of nitrogens with two attached hydrogens (primary N) is 1. The highest BCUT2D eigenvalue weighted by atomic mass is 32.1. The summed E-state index contributed by atoms with van der Waals surface area (Å²) in [6.07, 6.45) is -0.994. The molecule has 28 heavy (non-hydrogen) atoms. The van der Waals surface area contributed by atoms with Crippen molar-refractivity contribution in [3.05, 3.63) is 24.0 Å². The number of nitrogens with one attached hydrogen (secondary N) is 1. The Bertz CT molecular complexity index is 772. The lowest BCUT2D eigenvalue weighted by atomic mass is 10.2. The Balaban J connectivity index is 1.64. The Hall–Kier alpha value is -2.66. The van der Waals surface area contributed by atoms with Gasteiger partial charge in [-0.1, -0.05) is 0 Å². The summed E-state index contributed by atoms with van der Waals surface area (Å²) < 4.78 is 19.9. The SMILES string of the molecule is NC(=S)NCC1CN(c2ccc(N3CCN(C(=O)CO)CC3)c(F)c2)C(=O)O1. The predicted octanol–water partition coefficient (Wildman–Crippen LogP) is -0.375. The Morgan fingerprint density at radius 2 is 2.07 bits per heavy atom. The summed E-state index contributed by atoms with van der Waals surface area (Å²) in [4.78, 5) is 28.3. The molecule has 9 nitrogen and oxygen atoms in total. The van der Waals surface area contributed by atoms with Crippen LogP contribution in [-0.4, -0.2) is 79.1 Å². The van der Waals surface area contributed by atoms with E-state index in [1.165, 1.54) is 11.0 Å². The monoisotopic (exact) mass is 411 g/mol. The van der Waals surface area contributed by atoms with Crippen LogP contribution in [0.3, 0.4) is 0 Å². The number of aliphatic hydroxyl groups excluding tert-OH is 1. The molecule has 2 heterocycles. The number of cyclic esters (lactones) is 1. The zero-order valence-corrected chi connectivity index (χ0v) is 16.0. The van der Waals surface area contributed by atoms with E-state index in [-0.39, 0.29) is 24.1 Å². The second kappa shape index (κ2) is 8.57. The molecule has 2 aliphatic rings. The molecular weight excluding hydrogens is 389 g/mol. The molecule has 2 amide bonds. The summed E-state index contributed by atoms with van der Waals surface area (Å²) in [5, 5.41) is 11.8. The number of nitrogens with zero attached hydrogens (tertiary/aromatic N) is 3. The summed E-state index contributed by atoms with van der Waals surface area (Å²) >= 11 is 4.73. The van der Waals surface area contributed by atoms with Gasteiger partial charge in [0.2, 0.25) is 5.91 Å². The van der Waals surface area contributed by atoms with Crippen molar-refractivity contribution < 1.29 is 23.8 Å². The minimum Gasteiger partial charge on any atom is -0.442 e. The molecule has 2 aliphatic heterocycles. The maximum atomic E-state index is 14.7. The lowest BCUT2D eigenvalue weighted by Gasteiger charge is -2.36. The van der Waals surface area contributed by atoms with E-state index >= 15 is 0 Å². The predicted molar refractivity (Wildman–Crippen MR) is 105 cm³/mol. The number of hydrogen-bond acceptors (Lipinski definition) is 6. The van der Waals surface area contributed by atoms with Crippen LogP contribution < -0.4 is 20.9 Å². The van der Waals surface area contributed by atoms with E-state index in [9.17, 15) is 14.0 Å².